The van der Waals surface area contributed by atoms with Crippen LogP contribution in [0.25, 0.3) is 4.98 Å². The first kappa shape index (κ1) is 20.7. The third-order valence-corrected chi connectivity index (χ3v) is 2.65. The van der Waals surface area contributed by atoms with Crippen LogP contribution in [-0.2, 0) is 24.2 Å². The molecule has 1 aromatic carbocycles. The summed E-state index contributed by atoms with van der Waals surface area (Å²) in [5.41, 5.74) is 1.51. The second-order valence-electron chi connectivity index (χ2n) is 3.56. The molecule has 102 valence electrons. The van der Waals surface area contributed by atoms with Gasteiger partial charge in [-0.25, -0.2) is 0 Å². The zero-order chi connectivity index (χ0) is 11.4. The molecule has 2 rings (SSSR count). The molecule has 0 atom stereocenters. The number of rotatable bonds is 2. The summed E-state index contributed by atoms with van der Waals surface area (Å²) >= 11 is 0. The summed E-state index contributed by atoms with van der Waals surface area (Å²) in [7, 11) is 1.56. The molecule has 0 bridgehead atoms. The minimum Gasteiger partial charge on any atom is -1.00 e. The maximum absolute atomic E-state index is 8.76. The summed E-state index contributed by atoms with van der Waals surface area (Å²) in [6, 6.07) is 5.53. The van der Waals surface area contributed by atoms with Crippen molar-refractivity contribution in [1.29, 1.82) is 5.39 Å². The molecule has 0 aliphatic carbocycles. The Morgan fingerprint density at radius 1 is 1.32 bits per heavy atom. The molecule has 1 fully saturated rings. The first-order valence-corrected chi connectivity index (χ1v) is 5.21. The van der Waals surface area contributed by atoms with E-state index in [1.807, 2.05) is 12.1 Å². The number of anilines is 1. The Morgan fingerprint density at radius 2 is 1.95 bits per heavy atom. The van der Waals surface area contributed by atoms with Gasteiger partial charge in [0.1, 0.15) is 0 Å². The summed E-state index contributed by atoms with van der Waals surface area (Å²) in [4.78, 5) is 5.37. The smallest absolute Gasteiger partial charge is 0.426 e. The Balaban J connectivity index is 0. The average molecular weight is 358 g/mol. The summed E-state index contributed by atoms with van der Waals surface area (Å²) < 4.78 is 10.4. The molecular weight excluding hydrogens is 342 g/mol. The molecule has 0 radical (unpaired) electrons. The molecule has 0 amide bonds. The van der Waals surface area contributed by atoms with Gasteiger partial charge in [0.05, 0.1) is 20.3 Å². The van der Waals surface area contributed by atoms with Gasteiger partial charge in [-0.15, -0.1) is 12.4 Å². The molecule has 0 saturated carbocycles. The van der Waals surface area contributed by atoms with Crippen LogP contribution in [0, 0.1) is 5.39 Å². The second kappa shape index (κ2) is 10.2. The minimum atomic E-state index is 0. The van der Waals surface area contributed by atoms with Crippen LogP contribution >= 0.6 is 12.4 Å². The van der Waals surface area contributed by atoms with E-state index in [0.717, 1.165) is 32.0 Å². The van der Waals surface area contributed by atoms with Crippen LogP contribution in [0.3, 0.4) is 0 Å². The maximum Gasteiger partial charge on any atom is 0.426 e. The van der Waals surface area contributed by atoms with E-state index in [4.69, 9.17) is 14.9 Å². The van der Waals surface area contributed by atoms with E-state index in [-0.39, 0.29) is 44.3 Å². The first-order chi connectivity index (χ1) is 7.85. The number of methoxy groups -OCH3 is 1. The SMILES string of the molecule is COc1cc(N2CCOCC2)ccc1[N+]#N.Cl.[Cl-].[Zn]. The molecule has 5 nitrogen and oxygen atoms in total. The van der Waals surface area contributed by atoms with Crippen LogP contribution in [0.1, 0.15) is 0 Å². The zero-order valence-corrected chi connectivity index (χ0v) is 15.3. The van der Waals surface area contributed by atoms with Gasteiger partial charge in [-0.05, 0) is 6.07 Å². The van der Waals surface area contributed by atoms with Crippen LogP contribution < -0.4 is 22.0 Å². The van der Waals surface area contributed by atoms with E-state index >= 15 is 0 Å². The Kier molecular flexibility index (Phi) is 11.1. The van der Waals surface area contributed by atoms with Crippen molar-refractivity contribution in [3.05, 3.63) is 23.2 Å². The Labute approximate surface area is 137 Å². The van der Waals surface area contributed by atoms with Gasteiger partial charge in [0.2, 0.25) is 11.1 Å². The number of nitrogens with zero attached hydrogens (tertiary/aromatic N) is 3. The van der Waals surface area contributed by atoms with E-state index in [2.05, 4.69) is 9.88 Å². The van der Waals surface area contributed by atoms with Gasteiger partial charge >= 0.3 is 5.69 Å². The van der Waals surface area contributed by atoms with E-state index in [1.54, 1.807) is 13.2 Å². The maximum atomic E-state index is 8.76. The topological polar surface area (TPSA) is 49.9 Å². The molecular formula is C11H15Cl2N3O2Zn. The van der Waals surface area contributed by atoms with E-state index in [9.17, 15) is 0 Å². The molecule has 1 heterocycles. The third-order valence-electron chi connectivity index (χ3n) is 2.65. The van der Waals surface area contributed by atoms with Crippen molar-refractivity contribution in [2.45, 2.75) is 0 Å². The quantitative estimate of drug-likeness (QED) is 0.526. The van der Waals surface area contributed by atoms with Crippen molar-refractivity contribution in [3.63, 3.8) is 0 Å². The Hall–Kier alpha value is -0.597. The summed E-state index contributed by atoms with van der Waals surface area (Å²) in [6.45, 7) is 3.24. The Morgan fingerprint density at radius 3 is 2.47 bits per heavy atom. The standard InChI is InChI=1S/C11H14N3O2.2ClH.Zn/c1-15-11-8-9(2-3-10(11)13-12)14-4-6-16-7-5-14;;;/h2-3,8H,4-7H2,1H3;2*1H;/q+1;;;/p-1. The number of morpholine rings is 1. The third kappa shape index (κ3) is 5.12. The van der Waals surface area contributed by atoms with E-state index in [0.29, 0.717) is 11.4 Å². The molecule has 0 N–H and O–H groups in total. The first-order valence-electron chi connectivity index (χ1n) is 5.21. The van der Waals surface area contributed by atoms with Crippen LogP contribution in [0.5, 0.6) is 5.75 Å². The Bertz CT molecular complexity index is 423. The van der Waals surface area contributed by atoms with Crippen molar-refractivity contribution in [1.82, 2.24) is 0 Å². The van der Waals surface area contributed by atoms with Crippen molar-refractivity contribution < 1.29 is 41.4 Å². The van der Waals surface area contributed by atoms with Gasteiger partial charge in [-0.3, -0.25) is 0 Å². The largest absolute Gasteiger partial charge is 1.00 e. The molecule has 0 spiro atoms. The zero-order valence-electron chi connectivity index (χ0n) is 10.7. The average Bonchev–Trinajstić information content (AvgIpc) is 2.39. The van der Waals surface area contributed by atoms with Crippen molar-refractivity contribution >= 4 is 23.8 Å². The fourth-order valence-electron chi connectivity index (χ4n) is 1.77. The van der Waals surface area contributed by atoms with Gasteiger partial charge in [-0.2, -0.15) is 0 Å². The number of halogens is 2. The van der Waals surface area contributed by atoms with Gasteiger partial charge in [-0.1, -0.05) is 0 Å². The molecule has 0 aromatic heterocycles. The predicted octanol–water partition coefficient (Wildman–Crippen LogP) is -0.560. The fourth-order valence-corrected chi connectivity index (χ4v) is 1.77. The molecule has 19 heavy (non-hydrogen) atoms. The number of diazo groups is 1. The molecule has 1 saturated heterocycles. The number of hydrogen-bond acceptors (Lipinski definition) is 4. The summed E-state index contributed by atoms with van der Waals surface area (Å²) in [6.07, 6.45) is 0. The van der Waals surface area contributed by atoms with Crippen LogP contribution in [0.4, 0.5) is 11.4 Å². The summed E-state index contributed by atoms with van der Waals surface area (Å²) in [5, 5.41) is 8.76. The van der Waals surface area contributed by atoms with Crippen molar-refractivity contribution in [3.8, 4) is 5.75 Å². The monoisotopic (exact) mass is 355 g/mol. The van der Waals surface area contributed by atoms with E-state index < -0.39 is 0 Å². The van der Waals surface area contributed by atoms with Crippen molar-refractivity contribution in [2.75, 3.05) is 38.3 Å². The predicted molar refractivity (Wildman–Crippen MR) is 68.0 cm³/mol. The van der Waals surface area contributed by atoms with Gasteiger partial charge in [0, 0.05) is 50.4 Å². The number of hydrogen-bond donors (Lipinski definition) is 0. The van der Waals surface area contributed by atoms with Crippen molar-refractivity contribution in [2.24, 2.45) is 0 Å². The number of ether oxygens (including phenoxy) is 2. The van der Waals surface area contributed by atoms with Crippen LogP contribution in [-0.4, -0.2) is 33.4 Å². The molecule has 8 heteroatoms. The summed E-state index contributed by atoms with van der Waals surface area (Å²) in [5.74, 6) is 0.575. The van der Waals surface area contributed by atoms with Gasteiger partial charge in [0.15, 0.2) is 4.98 Å². The van der Waals surface area contributed by atoms with Crippen LogP contribution in [0.15, 0.2) is 18.2 Å². The van der Waals surface area contributed by atoms with E-state index in [1.165, 1.54) is 0 Å². The van der Waals surface area contributed by atoms with Gasteiger partial charge in [0.25, 0.3) is 0 Å². The second-order valence-corrected chi connectivity index (χ2v) is 3.56. The molecule has 1 aliphatic heterocycles. The molecule has 0 unspecified atom stereocenters. The van der Waals surface area contributed by atoms with Crippen LogP contribution in [0.2, 0.25) is 0 Å². The van der Waals surface area contributed by atoms with Gasteiger partial charge < -0.3 is 26.8 Å². The number of benzene rings is 1. The molecule has 1 aromatic rings. The normalized spacial score (nSPS) is 13.2. The molecule has 1 aliphatic rings. The minimum absolute atomic E-state index is 0. The fraction of sp³-hybridized carbons (Fsp3) is 0.455.